The summed E-state index contributed by atoms with van der Waals surface area (Å²) >= 11 is 1.50. The van der Waals surface area contributed by atoms with Crippen LogP contribution in [0.2, 0.25) is 0 Å². The Bertz CT molecular complexity index is 1130. The number of phenolic OH excluding ortho intramolecular Hbond substituents is 1. The number of carbonyl (C=O) groups is 4. The molecule has 210 valence electrons. The molecule has 3 amide bonds. The van der Waals surface area contributed by atoms with E-state index >= 15 is 0 Å². The van der Waals surface area contributed by atoms with Gasteiger partial charge >= 0.3 is 5.97 Å². The number of aromatic hydroxyl groups is 1. The number of carboxylic acids is 1. The zero-order valence-corrected chi connectivity index (χ0v) is 22.7. The van der Waals surface area contributed by atoms with Crippen molar-refractivity contribution in [1.82, 2.24) is 15.5 Å². The third kappa shape index (κ3) is 8.72. The number of nitrogens with zero attached hydrogens (tertiary/aromatic N) is 1. The van der Waals surface area contributed by atoms with Gasteiger partial charge in [-0.05, 0) is 61.0 Å². The van der Waals surface area contributed by atoms with Crippen LogP contribution in [0.3, 0.4) is 0 Å². The molecule has 1 heterocycles. The molecule has 0 aliphatic carbocycles. The average molecular weight is 557 g/mol. The number of carboxylic acid groups (broad SMARTS) is 1. The van der Waals surface area contributed by atoms with Crippen LogP contribution in [0.25, 0.3) is 0 Å². The Hall–Kier alpha value is -3.57. The summed E-state index contributed by atoms with van der Waals surface area (Å²) in [6, 6.07) is 11.7. The number of thioether (sulfide) groups is 1. The minimum absolute atomic E-state index is 0.106. The first-order chi connectivity index (χ1) is 18.7. The highest BCUT2D eigenvalue weighted by atomic mass is 32.2. The van der Waals surface area contributed by atoms with E-state index in [0.29, 0.717) is 31.6 Å². The molecular weight excluding hydrogens is 520 g/mol. The number of hydrogen-bond donors (Lipinski definition) is 5. The molecule has 0 bridgehead atoms. The van der Waals surface area contributed by atoms with Crippen LogP contribution in [0.5, 0.6) is 5.75 Å². The number of benzene rings is 2. The van der Waals surface area contributed by atoms with E-state index < -0.39 is 42.0 Å². The number of nitrogens with two attached hydrogens (primary N) is 1. The van der Waals surface area contributed by atoms with Crippen molar-refractivity contribution in [2.24, 2.45) is 5.73 Å². The molecular formula is C28H36N4O6S. The third-order valence-corrected chi connectivity index (χ3v) is 7.33. The van der Waals surface area contributed by atoms with Gasteiger partial charge in [0.15, 0.2) is 0 Å². The van der Waals surface area contributed by atoms with Gasteiger partial charge in [-0.3, -0.25) is 14.4 Å². The van der Waals surface area contributed by atoms with Crippen LogP contribution in [-0.2, 0) is 32.0 Å². The lowest BCUT2D eigenvalue weighted by Crippen LogP contribution is -2.57. The smallest absolute Gasteiger partial charge is 0.326 e. The van der Waals surface area contributed by atoms with Crippen molar-refractivity contribution in [2.75, 3.05) is 18.6 Å². The third-order valence-electron chi connectivity index (χ3n) is 6.69. The topological polar surface area (TPSA) is 162 Å². The Morgan fingerprint density at radius 1 is 1.00 bits per heavy atom. The maximum Gasteiger partial charge on any atom is 0.326 e. The monoisotopic (exact) mass is 556 g/mol. The number of hydrogen-bond acceptors (Lipinski definition) is 7. The molecule has 1 aliphatic heterocycles. The summed E-state index contributed by atoms with van der Waals surface area (Å²) in [6.45, 7) is 0.375. The van der Waals surface area contributed by atoms with Crippen molar-refractivity contribution < 1.29 is 29.4 Å². The first-order valence-electron chi connectivity index (χ1n) is 12.9. The van der Waals surface area contributed by atoms with E-state index in [0.717, 1.165) is 11.1 Å². The van der Waals surface area contributed by atoms with E-state index in [1.54, 1.807) is 36.4 Å². The maximum atomic E-state index is 13.3. The van der Waals surface area contributed by atoms with Crippen LogP contribution < -0.4 is 16.4 Å². The maximum absolute atomic E-state index is 13.3. The van der Waals surface area contributed by atoms with Crippen molar-refractivity contribution in [3.8, 4) is 5.75 Å². The second kappa shape index (κ2) is 14.5. The SMILES string of the molecule is CSCCC(NC(=O)C1CCCN1C(=O)C(N)Cc1ccc(O)cc1)C(=O)NC(Cc1ccccc1)C(=O)O. The zero-order chi connectivity index (χ0) is 28.4. The Morgan fingerprint density at radius 3 is 2.31 bits per heavy atom. The Labute approximate surface area is 232 Å². The predicted octanol–water partition coefficient (Wildman–Crippen LogP) is 1.30. The molecule has 2 aromatic rings. The van der Waals surface area contributed by atoms with Gasteiger partial charge in [0, 0.05) is 13.0 Å². The molecule has 3 rings (SSSR count). The van der Waals surface area contributed by atoms with E-state index in [2.05, 4.69) is 10.6 Å². The standard InChI is InChI=1S/C28H36N4O6S/c1-39-15-13-22(25(34)31-23(28(37)38)17-18-6-3-2-4-7-18)30-26(35)24-8-5-14-32(24)27(36)21(29)16-19-9-11-20(33)12-10-19/h2-4,6-7,9-12,21-24,33H,5,8,13-17,29H2,1H3,(H,30,35)(H,31,34)(H,37,38). The van der Waals surface area contributed by atoms with E-state index in [4.69, 9.17) is 5.73 Å². The van der Waals surface area contributed by atoms with Gasteiger partial charge in [-0.1, -0.05) is 42.5 Å². The van der Waals surface area contributed by atoms with Crippen molar-refractivity contribution >= 4 is 35.5 Å². The van der Waals surface area contributed by atoms with Gasteiger partial charge in [-0.2, -0.15) is 11.8 Å². The molecule has 4 unspecified atom stereocenters. The molecule has 39 heavy (non-hydrogen) atoms. The molecule has 0 aromatic heterocycles. The lowest BCUT2D eigenvalue weighted by molar-refractivity contribution is -0.143. The quantitative estimate of drug-likeness (QED) is 0.247. The Morgan fingerprint density at radius 2 is 1.67 bits per heavy atom. The number of rotatable bonds is 13. The van der Waals surface area contributed by atoms with E-state index in [1.807, 2.05) is 12.3 Å². The van der Waals surface area contributed by atoms with Crippen molar-refractivity contribution in [2.45, 2.75) is 56.3 Å². The summed E-state index contributed by atoms with van der Waals surface area (Å²) in [6.07, 6.45) is 3.59. The highest BCUT2D eigenvalue weighted by molar-refractivity contribution is 7.98. The van der Waals surface area contributed by atoms with E-state index in [9.17, 15) is 29.4 Å². The number of phenols is 1. The molecule has 10 nitrogen and oxygen atoms in total. The second-order valence-corrected chi connectivity index (χ2v) is 10.6. The molecule has 0 saturated carbocycles. The summed E-state index contributed by atoms with van der Waals surface area (Å²) < 4.78 is 0. The molecule has 2 aromatic carbocycles. The van der Waals surface area contributed by atoms with Gasteiger partial charge < -0.3 is 31.5 Å². The number of nitrogens with one attached hydrogen (secondary N) is 2. The average Bonchev–Trinajstić information content (AvgIpc) is 3.42. The Kier molecular flexibility index (Phi) is 11.2. The van der Waals surface area contributed by atoms with Crippen molar-refractivity contribution in [3.05, 3.63) is 65.7 Å². The lowest BCUT2D eigenvalue weighted by Gasteiger charge is -2.28. The molecule has 11 heteroatoms. The van der Waals surface area contributed by atoms with Crippen LogP contribution in [0.15, 0.2) is 54.6 Å². The van der Waals surface area contributed by atoms with E-state index in [1.165, 1.54) is 28.8 Å². The molecule has 1 saturated heterocycles. The van der Waals surface area contributed by atoms with Crippen LogP contribution in [0, 0.1) is 0 Å². The van der Waals surface area contributed by atoms with Gasteiger partial charge in [0.2, 0.25) is 17.7 Å². The second-order valence-electron chi connectivity index (χ2n) is 9.60. The van der Waals surface area contributed by atoms with Gasteiger partial charge in [-0.25, -0.2) is 4.79 Å². The molecule has 6 N–H and O–H groups in total. The fraction of sp³-hybridized carbons (Fsp3) is 0.429. The molecule has 1 fully saturated rings. The normalized spacial score (nSPS) is 17.2. The van der Waals surface area contributed by atoms with Crippen molar-refractivity contribution in [1.29, 1.82) is 0 Å². The van der Waals surface area contributed by atoms with Gasteiger partial charge in [0.05, 0.1) is 6.04 Å². The highest BCUT2D eigenvalue weighted by Gasteiger charge is 2.38. The Balaban J connectivity index is 1.65. The van der Waals surface area contributed by atoms with Crippen LogP contribution in [0.4, 0.5) is 0 Å². The minimum atomic E-state index is -1.17. The molecule has 4 atom stereocenters. The summed E-state index contributed by atoms with van der Waals surface area (Å²) in [5, 5.41) is 24.5. The fourth-order valence-electron chi connectivity index (χ4n) is 4.58. The van der Waals surface area contributed by atoms with Gasteiger partial charge in [0.1, 0.15) is 23.9 Å². The number of carbonyl (C=O) groups excluding carboxylic acids is 3. The van der Waals surface area contributed by atoms with Crippen LogP contribution >= 0.6 is 11.8 Å². The lowest BCUT2D eigenvalue weighted by atomic mass is 10.0. The molecule has 0 radical (unpaired) electrons. The fourth-order valence-corrected chi connectivity index (χ4v) is 5.06. The first kappa shape index (κ1) is 30.0. The minimum Gasteiger partial charge on any atom is -0.508 e. The predicted molar refractivity (Wildman–Crippen MR) is 149 cm³/mol. The first-order valence-corrected chi connectivity index (χ1v) is 14.3. The van der Waals surface area contributed by atoms with Gasteiger partial charge in [-0.15, -0.1) is 0 Å². The molecule has 1 aliphatic rings. The summed E-state index contributed by atoms with van der Waals surface area (Å²) in [4.78, 5) is 52.9. The van der Waals surface area contributed by atoms with E-state index in [-0.39, 0.29) is 24.5 Å². The molecule has 0 spiro atoms. The summed E-state index contributed by atoms with van der Waals surface area (Å²) in [5.74, 6) is -1.89. The number of aliphatic carboxylic acids is 1. The number of amides is 3. The zero-order valence-electron chi connectivity index (χ0n) is 21.9. The highest BCUT2D eigenvalue weighted by Crippen LogP contribution is 2.20. The summed E-state index contributed by atoms with van der Waals surface area (Å²) in [5.41, 5.74) is 7.73. The summed E-state index contributed by atoms with van der Waals surface area (Å²) in [7, 11) is 0. The van der Waals surface area contributed by atoms with Crippen LogP contribution in [0.1, 0.15) is 30.4 Å². The van der Waals surface area contributed by atoms with Crippen molar-refractivity contribution in [3.63, 3.8) is 0 Å². The van der Waals surface area contributed by atoms with Crippen LogP contribution in [-0.4, -0.2) is 81.5 Å². The largest absolute Gasteiger partial charge is 0.508 e. The van der Waals surface area contributed by atoms with Gasteiger partial charge in [0.25, 0.3) is 0 Å². The number of likely N-dealkylation sites (tertiary alicyclic amines) is 1.